The average Bonchev–Trinajstić information content (AvgIpc) is 2.78. The van der Waals surface area contributed by atoms with E-state index in [2.05, 4.69) is 29.2 Å². The number of ether oxygens (including phenoxy) is 1. The predicted molar refractivity (Wildman–Crippen MR) is 125 cm³/mol. The van der Waals surface area contributed by atoms with E-state index in [4.69, 9.17) is 27.9 Å². The molecule has 31 heavy (non-hydrogen) atoms. The van der Waals surface area contributed by atoms with Crippen molar-refractivity contribution in [1.29, 1.82) is 0 Å². The zero-order valence-electron chi connectivity index (χ0n) is 17.4. The molecule has 1 heterocycles. The minimum Gasteiger partial charge on any atom is -0.493 e. The van der Waals surface area contributed by atoms with Gasteiger partial charge in [0.1, 0.15) is 11.6 Å². The molecule has 1 aliphatic rings. The van der Waals surface area contributed by atoms with Crippen LogP contribution in [0.1, 0.15) is 24.0 Å². The predicted octanol–water partition coefficient (Wildman–Crippen LogP) is 7.04. The van der Waals surface area contributed by atoms with E-state index in [1.807, 2.05) is 24.3 Å². The quantitative estimate of drug-likeness (QED) is 0.377. The third-order valence-electron chi connectivity index (χ3n) is 6.09. The number of rotatable bonds is 7. The van der Waals surface area contributed by atoms with E-state index in [9.17, 15) is 4.39 Å². The van der Waals surface area contributed by atoms with Crippen LogP contribution in [0.4, 0.5) is 4.39 Å². The van der Waals surface area contributed by atoms with Crippen molar-refractivity contribution in [2.75, 3.05) is 19.7 Å². The van der Waals surface area contributed by atoms with Crippen LogP contribution in [0.15, 0.2) is 72.8 Å². The fourth-order valence-corrected chi connectivity index (χ4v) is 4.46. The van der Waals surface area contributed by atoms with E-state index in [0.29, 0.717) is 12.4 Å². The number of piperidine rings is 1. The zero-order valence-corrected chi connectivity index (χ0v) is 18.9. The number of benzene rings is 3. The lowest BCUT2D eigenvalue weighted by Gasteiger charge is -2.42. The van der Waals surface area contributed by atoms with Gasteiger partial charge in [0.2, 0.25) is 0 Å². The molecule has 2 nitrogen and oxygen atoms in total. The van der Waals surface area contributed by atoms with Gasteiger partial charge in [-0.05, 0) is 92.0 Å². The first kappa shape index (κ1) is 22.1. The molecule has 1 fully saturated rings. The van der Waals surface area contributed by atoms with Crippen LogP contribution in [-0.4, -0.2) is 24.6 Å². The van der Waals surface area contributed by atoms with Crippen molar-refractivity contribution < 1.29 is 9.13 Å². The Morgan fingerprint density at radius 1 is 0.774 bits per heavy atom. The van der Waals surface area contributed by atoms with Gasteiger partial charge >= 0.3 is 0 Å². The van der Waals surface area contributed by atoms with Crippen molar-refractivity contribution in [2.45, 2.75) is 25.8 Å². The summed E-state index contributed by atoms with van der Waals surface area (Å²) in [5.41, 5.74) is 2.56. The van der Waals surface area contributed by atoms with Crippen molar-refractivity contribution in [1.82, 2.24) is 4.90 Å². The fourth-order valence-electron chi connectivity index (χ4n) is 4.21. The molecule has 1 saturated heterocycles. The molecule has 0 saturated carbocycles. The molecule has 0 amide bonds. The summed E-state index contributed by atoms with van der Waals surface area (Å²) < 4.78 is 19.4. The van der Waals surface area contributed by atoms with Crippen LogP contribution in [0.5, 0.6) is 5.75 Å². The first-order valence-corrected chi connectivity index (χ1v) is 11.3. The molecule has 0 aliphatic carbocycles. The number of hydrogen-bond donors (Lipinski definition) is 0. The Labute approximate surface area is 193 Å². The molecule has 0 aromatic heterocycles. The highest BCUT2D eigenvalue weighted by Gasteiger charge is 2.35. The molecule has 162 valence electrons. The highest BCUT2D eigenvalue weighted by atomic mass is 35.5. The van der Waals surface area contributed by atoms with E-state index in [1.165, 1.54) is 23.3 Å². The monoisotopic (exact) mass is 457 g/mol. The SMILES string of the molecule is Fc1ccc(OCC2(Cc3ccc(Cl)cc3)CCN(Cc3ccc(Cl)cc3)CC2)cc1. The van der Waals surface area contributed by atoms with Crippen LogP contribution in [0.25, 0.3) is 0 Å². The summed E-state index contributed by atoms with van der Waals surface area (Å²) in [6.45, 7) is 3.54. The molecule has 3 aromatic carbocycles. The second-order valence-electron chi connectivity index (χ2n) is 8.45. The Bertz CT molecular complexity index is 966. The Hall–Kier alpha value is -2.07. The Morgan fingerprint density at radius 3 is 1.90 bits per heavy atom. The summed E-state index contributed by atoms with van der Waals surface area (Å²) in [7, 11) is 0. The van der Waals surface area contributed by atoms with Crippen molar-refractivity contribution >= 4 is 23.2 Å². The summed E-state index contributed by atoms with van der Waals surface area (Å²) >= 11 is 12.1. The molecular weight excluding hydrogens is 432 g/mol. The summed E-state index contributed by atoms with van der Waals surface area (Å²) in [5.74, 6) is 0.458. The van der Waals surface area contributed by atoms with Gasteiger partial charge in [0, 0.05) is 22.0 Å². The van der Waals surface area contributed by atoms with Crippen molar-refractivity contribution in [2.24, 2.45) is 5.41 Å². The average molecular weight is 458 g/mol. The van der Waals surface area contributed by atoms with E-state index in [0.717, 1.165) is 48.9 Å². The van der Waals surface area contributed by atoms with Crippen molar-refractivity contribution in [3.05, 3.63) is 99.8 Å². The Morgan fingerprint density at radius 2 is 1.32 bits per heavy atom. The Kier molecular flexibility index (Phi) is 7.16. The van der Waals surface area contributed by atoms with Crippen LogP contribution < -0.4 is 4.74 Å². The third-order valence-corrected chi connectivity index (χ3v) is 6.59. The summed E-state index contributed by atoms with van der Waals surface area (Å²) in [6, 6.07) is 22.4. The molecule has 1 aliphatic heterocycles. The van der Waals surface area contributed by atoms with Gasteiger partial charge in [0.25, 0.3) is 0 Å². The molecule has 4 rings (SSSR count). The summed E-state index contributed by atoms with van der Waals surface area (Å²) in [6.07, 6.45) is 3.00. The molecule has 0 bridgehead atoms. The lowest BCUT2D eigenvalue weighted by atomic mass is 9.74. The molecule has 0 radical (unpaired) electrons. The van der Waals surface area contributed by atoms with Gasteiger partial charge in [-0.15, -0.1) is 0 Å². The molecule has 0 atom stereocenters. The number of likely N-dealkylation sites (tertiary alicyclic amines) is 1. The first-order valence-electron chi connectivity index (χ1n) is 10.6. The second-order valence-corrected chi connectivity index (χ2v) is 9.32. The maximum atomic E-state index is 13.2. The second kappa shape index (κ2) is 10.0. The molecular formula is C26H26Cl2FNO. The largest absolute Gasteiger partial charge is 0.493 e. The van der Waals surface area contributed by atoms with Crippen LogP contribution in [-0.2, 0) is 13.0 Å². The number of nitrogens with zero attached hydrogens (tertiary/aromatic N) is 1. The smallest absolute Gasteiger partial charge is 0.123 e. The maximum absolute atomic E-state index is 13.2. The summed E-state index contributed by atoms with van der Waals surface area (Å²) in [4.78, 5) is 2.49. The molecule has 3 aromatic rings. The standard InChI is InChI=1S/C26H26Cl2FNO/c27-22-5-1-20(2-6-22)17-26(19-31-25-11-9-24(29)10-12-25)13-15-30(16-14-26)18-21-3-7-23(28)8-4-21/h1-12H,13-19H2. The highest BCUT2D eigenvalue weighted by molar-refractivity contribution is 6.30. The minimum atomic E-state index is -0.251. The molecule has 0 N–H and O–H groups in total. The minimum absolute atomic E-state index is 0.0265. The van der Waals surface area contributed by atoms with Gasteiger partial charge in [-0.25, -0.2) is 4.39 Å². The number of hydrogen-bond acceptors (Lipinski definition) is 2. The van der Waals surface area contributed by atoms with Crippen LogP contribution in [0.3, 0.4) is 0 Å². The summed E-state index contributed by atoms with van der Waals surface area (Å²) in [5, 5.41) is 1.51. The topological polar surface area (TPSA) is 12.5 Å². The van der Waals surface area contributed by atoms with Crippen molar-refractivity contribution in [3.8, 4) is 5.75 Å². The zero-order chi connectivity index (χ0) is 21.7. The van der Waals surface area contributed by atoms with Gasteiger partial charge in [-0.1, -0.05) is 47.5 Å². The first-order chi connectivity index (χ1) is 15.0. The van der Waals surface area contributed by atoms with Gasteiger partial charge in [0.05, 0.1) is 6.61 Å². The Balaban J connectivity index is 1.44. The number of halogens is 3. The van der Waals surface area contributed by atoms with E-state index in [1.54, 1.807) is 12.1 Å². The lowest BCUT2D eigenvalue weighted by molar-refractivity contribution is 0.0511. The van der Waals surface area contributed by atoms with Crippen LogP contribution in [0, 0.1) is 11.2 Å². The van der Waals surface area contributed by atoms with Crippen LogP contribution >= 0.6 is 23.2 Å². The van der Waals surface area contributed by atoms with E-state index < -0.39 is 0 Å². The third kappa shape index (κ3) is 6.22. The van der Waals surface area contributed by atoms with Crippen molar-refractivity contribution in [3.63, 3.8) is 0 Å². The highest BCUT2D eigenvalue weighted by Crippen LogP contribution is 2.37. The van der Waals surface area contributed by atoms with Gasteiger partial charge in [-0.3, -0.25) is 4.90 Å². The van der Waals surface area contributed by atoms with Crippen LogP contribution in [0.2, 0.25) is 10.0 Å². The van der Waals surface area contributed by atoms with Gasteiger partial charge < -0.3 is 4.74 Å². The maximum Gasteiger partial charge on any atom is 0.123 e. The van der Waals surface area contributed by atoms with Gasteiger partial charge in [0.15, 0.2) is 0 Å². The van der Waals surface area contributed by atoms with E-state index >= 15 is 0 Å². The molecule has 0 spiro atoms. The molecule has 0 unspecified atom stereocenters. The molecule has 5 heteroatoms. The van der Waals surface area contributed by atoms with Gasteiger partial charge in [-0.2, -0.15) is 0 Å². The normalized spacial score (nSPS) is 16.2. The van der Waals surface area contributed by atoms with E-state index in [-0.39, 0.29) is 11.2 Å². The fraction of sp³-hybridized carbons (Fsp3) is 0.308. The lowest BCUT2D eigenvalue weighted by Crippen LogP contribution is -2.44.